The molecule has 0 spiro atoms. The fourth-order valence-electron chi connectivity index (χ4n) is 3.08. The molecule has 2 aromatic carbocycles. The average Bonchev–Trinajstić information content (AvgIpc) is 3.20. The molecule has 1 aromatic heterocycles. The Morgan fingerprint density at radius 3 is 2.03 bits per heavy atom. The highest BCUT2D eigenvalue weighted by Crippen LogP contribution is 2.39. The van der Waals surface area contributed by atoms with Gasteiger partial charge in [0.15, 0.2) is 11.4 Å². The van der Waals surface area contributed by atoms with Gasteiger partial charge in [0.1, 0.15) is 5.69 Å². The zero-order chi connectivity index (χ0) is 27.8. The van der Waals surface area contributed by atoms with Crippen molar-refractivity contribution in [2.75, 3.05) is 0 Å². The third kappa shape index (κ3) is 6.28. The summed E-state index contributed by atoms with van der Waals surface area (Å²) in [6.07, 6.45) is -16.9. The van der Waals surface area contributed by atoms with E-state index in [4.69, 9.17) is 0 Å². The second-order valence-corrected chi connectivity index (χ2v) is 7.17. The van der Waals surface area contributed by atoms with Crippen molar-refractivity contribution in [3.05, 3.63) is 81.2 Å². The Morgan fingerprint density at radius 2 is 1.51 bits per heavy atom. The van der Waals surface area contributed by atoms with Crippen LogP contribution < -0.4 is 10.1 Å². The topological polar surface area (TPSA) is 99.3 Å². The minimum atomic E-state index is -5.27. The highest BCUT2D eigenvalue weighted by Gasteiger charge is 2.42. The first kappa shape index (κ1) is 27.3. The number of hydrogen-bond donors (Lipinski definition) is 1. The fourth-order valence-corrected chi connectivity index (χ4v) is 3.08. The number of ether oxygens (including phenoxy) is 1. The minimum Gasteiger partial charge on any atom is -0.406 e. The van der Waals surface area contributed by atoms with Gasteiger partial charge in [0.05, 0.1) is 22.2 Å². The number of nitrogens with zero attached hydrogens (tertiary/aromatic N) is 3. The molecule has 0 saturated carbocycles. The van der Waals surface area contributed by atoms with E-state index in [0.717, 1.165) is 12.1 Å². The molecule has 0 fully saturated rings. The molecule has 0 aliphatic heterocycles. The minimum absolute atomic E-state index is 0.100. The lowest BCUT2D eigenvalue weighted by Crippen LogP contribution is -2.27. The molecule has 0 bridgehead atoms. The molecule has 0 saturated heterocycles. The van der Waals surface area contributed by atoms with Crippen LogP contribution >= 0.6 is 0 Å². The Balaban J connectivity index is 1.88. The zero-order valence-electron chi connectivity index (χ0n) is 17.7. The summed E-state index contributed by atoms with van der Waals surface area (Å²) in [5, 5.41) is 16.3. The first-order valence-electron chi connectivity index (χ1n) is 9.61. The Labute approximate surface area is 199 Å². The summed E-state index contributed by atoms with van der Waals surface area (Å²) < 4.78 is 124. The lowest BCUT2D eigenvalue weighted by molar-refractivity contribution is -0.384. The van der Waals surface area contributed by atoms with Gasteiger partial charge in [-0.2, -0.15) is 44.6 Å². The molecule has 3 rings (SSSR count). The van der Waals surface area contributed by atoms with Crippen LogP contribution in [0, 0.1) is 10.1 Å². The average molecular weight is 542 g/mol. The van der Waals surface area contributed by atoms with Gasteiger partial charge in [-0.25, -0.2) is 9.48 Å². The Kier molecular flexibility index (Phi) is 7.10. The van der Waals surface area contributed by atoms with E-state index in [1.807, 2.05) is 0 Å². The maximum atomic E-state index is 13.7. The summed E-state index contributed by atoms with van der Waals surface area (Å²) in [5.74, 6) is -1.23. The maximum absolute atomic E-state index is 13.7. The van der Waals surface area contributed by atoms with Gasteiger partial charge in [-0.05, 0) is 29.8 Å². The van der Waals surface area contributed by atoms with Crippen molar-refractivity contribution >= 4 is 11.8 Å². The van der Waals surface area contributed by atoms with Crippen LogP contribution in [0.1, 0.15) is 22.4 Å². The van der Waals surface area contributed by atoms with Crippen molar-refractivity contribution in [2.45, 2.75) is 25.1 Å². The van der Waals surface area contributed by atoms with Gasteiger partial charge >= 0.3 is 24.6 Å². The van der Waals surface area contributed by atoms with Crippen LogP contribution in [0.25, 0.3) is 5.69 Å². The molecular weight excluding hydrogens is 531 g/mol. The number of benzene rings is 2. The Hall–Kier alpha value is -4.31. The number of carbonyl (C=O) groups excluding carboxylic acids is 1. The third-order valence-corrected chi connectivity index (χ3v) is 4.60. The first-order valence-corrected chi connectivity index (χ1v) is 9.61. The number of nitrogens with one attached hydrogen (secondary N) is 1. The van der Waals surface area contributed by atoms with Crippen molar-refractivity contribution < 1.29 is 54.0 Å². The van der Waals surface area contributed by atoms with E-state index >= 15 is 0 Å². The van der Waals surface area contributed by atoms with Gasteiger partial charge in [0, 0.05) is 12.6 Å². The molecule has 0 radical (unpaired) electrons. The van der Waals surface area contributed by atoms with E-state index in [2.05, 4.69) is 9.84 Å². The summed E-state index contributed by atoms with van der Waals surface area (Å²) in [4.78, 5) is 22.3. The van der Waals surface area contributed by atoms with Gasteiger partial charge in [-0.1, -0.05) is 12.1 Å². The molecular formula is C20H11F9N4O4. The van der Waals surface area contributed by atoms with Crippen molar-refractivity contribution in [1.82, 2.24) is 15.1 Å². The second-order valence-electron chi connectivity index (χ2n) is 7.17. The molecule has 17 heteroatoms. The molecule has 1 N–H and O–H groups in total. The van der Waals surface area contributed by atoms with Gasteiger partial charge in [0.25, 0.3) is 5.69 Å². The highest BCUT2D eigenvalue weighted by molar-refractivity contribution is 5.71. The van der Waals surface area contributed by atoms with Crippen LogP contribution in [0.4, 0.5) is 50.0 Å². The quantitative estimate of drug-likeness (QED) is 0.238. The molecule has 8 nitrogen and oxygen atoms in total. The summed E-state index contributed by atoms with van der Waals surface area (Å²) in [5.41, 5.74) is -7.15. The lowest BCUT2D eigenvalue weighted by atomic mass is 10.0. The molecule has 0 unspecified atom stereocenters. The summed E-state index contributed by atoms with van der Waals surface area (Å²) in [6, 6.07) is 4.68. The third-order valence-electron chi connectivity index (χ3n) is 4.60. The van der Waals surface area contributed by atoms with Gasteiger partial charge in [-0.15, -0.1) is 0 Å². The van der Waals surface area contributed by atoms with Crippen LogP contribution in [0.15, 0.2) is 48.7 Å². The predicted molar refractivity (Wildman–Crippen MR) is 105 cm³/mol. The summed E-state index contributed by atoms with van der Waals surface area (Å²) in [6.45, 7) is -0.981. The zero-order valence-corrected chi connectivity index (χ0v) is 17.7. The number of hydrogen-bond acceptors (Lipinski definition) is 5. The molecule has 1 amide bonds. The van der Waals surface area contributed by atoms with E-state index in [9.17, 15) is 54.4 Å². The number of nitro groups is 1. The molecule has 37 heavy (non-hydrogen) atoms. The summed E-state index contributed by atoms with van der Waals surface area (Å²) in [7, 11) is 0. The standard InChI is InChI=1S/C20H11F9N4O4/c21-18(22,23)11-5-10(6-12(7-11)19(24,25)26)8-30-17(34)37-15-9-31-32(16(15)20(27,28)29)13-3-1-2-4-14(13)33(35)36/h1-7,9H,8H2,(H,30,34). The monoisotopic (exact) mass is 542 g/mol. The number of halogens is 9. The first-order chi connectivity index (χ1) is 17.0. The van der Waals surface area contributed by atoms with E-state index in [0.29, 0.717) is 18.3 Å². The Bertz CT molecular complexity index is 1300. The normalized spacial score (nSPS) is 12.4. The molecule has 3 aromatic rings. The van der Waals surface area contributed by atoms with Crippen LogP contribution in [-0.4, -0.2) is 20.8 Å². The predicted octanol–water partition coefficient (Wildman–Crippen LogP) is 6.13. The molecule has 0 aliphatic rings. The van der Waals surface area contributed by atoms with E-state index < -0.39 is 75.6 Å². The van der Waals surface area contributed by atoms with Crippen molar-refractivity contribution in [2.24, 2.45) is 0 Å². The van der Waals surface area contributed by atoms with Crippen molar-refractivity contribution in [3.8, 4) is 11.4 Å². The number of carbonyl (C=O) groups is 1. The number of rotatable bonds is 5. The van der Waals surface area contributed by atoms with Crippen LogP contribution in [0.3, 0.4) is 0 Å². The Morgan fingerprint density at radius 1 is 0.946 bits per heavy atom. The summed E-state index contributed by atoms with van der Waals surface area (Å²) >= 11 is 0. The van der Waals surface area contributed by atoms with Gasteiger partial charge in [0.2, 0.25) is 0 Å². The molecule has 1 heterocycles. The number of nitro benzene ring substituents is 1. The largest absolute Gasteiger partial charge is 0.437 e. The highest BCUT2D eigenvalue weighted by atomic mass is 19.4. The van der Waals surface area contributed by atoms with Gasteiger partial charge < -0.3 is 10.1 Å². The van der Waals surface area contributed by atoms with Crippen molar-refractivity contribution in [3.63, 3.8) is 0 Å². The van der Waals surface area contributed by atoms with Crippen LogP contribution in [-0.2, 0) is 25.1 Å². The maximum Gasteiger partial charge on any atom is 0.437 e. The number of alkyl halides is 9. The fraction of sp³-hybridized carbons (Fsp3) is 0.200. The van der Waals surface area contributed by atoms with Crippen LogP contribution in [0.5, 0.6) is 5.75 Å². The van der Waals surface area contributed by atoms with Crippen molar-refractivity contribution in [1.29, 1.82) is 0 Å². The smallest absolute Gasteiger partial charge is 0.406 e. The van der Waals surface area contributed by atoms with Crippen LogP contribution in [0.2, 0.25) is 0 Å². The number of amides is 1. The van der Waals surface area contributed by atoms with E-state index in [-0.39, 0.29) is 10.7 Å². The van der Waals surface area contributed by atoms with E-state index in [1.165, 1.54) is 12.1 Å². The van der Waals surface area contributed by atoms with Gasteiger partial charge in [-0.3, -0.25) is 10.1 Å². The number of para-hydroxylation sites is 2. The second kappa shape index (κ2) is 9.62. The van der Waals surface area contributed by atoms with E-state index in [1.54, 1.807) is 5.32 Å². The lowest BCUT2D eigenvalue weighted by Gasteiger charge is -2.15. The molecule has 0 atom stereocenters. The number of aromatic nitrogens is 2. The SMILES string of the molecule is O=C(NCc1cc(C(F)(F)F)cc(C(F)(F)F)c1)Oc1cnn(-c2ccccc2[N+](=O)[O-])c1C(F)(F)F. The molecule has 198 valence electrons. The molecule has 0 aliphatic carbocycles.